The lowest BCUT2D eigenvalue weighted by Crippen LogP contribution is -2.05. The Bertz CT molecular complexity index is 378. The van der Waals surface area contributed by atoms with Crippen LogP contribution in [0.15, 0.2) is 23.2 Å². The molecule has 0 bridgehead atoms. The monoisotopic (exact) mass is 209 g/mol. The first-order valence-corrected chi connectivity index (χ1v) is 4.47. The number of carbonyl (C=O) groups excluding carboxylic acids is 1. The molecule has 0 amide bonds. The molecule has 72 valence electrons. The van der Waals surface area contributed by atoms with E-state index in [9.17, 15) is 4.79 Å². The lowest BCUT2D eigenvalue weighted by molar-refractivity contribution is -0.135. The Morgan fingerprint density at radius 1 is 1.86 bits per heavy atom. The average Bonchev–Trinajstić information content (AvgIpc) is 2.71. The molecule has 0 spiro atoms. The van der Waals surface area contributed by atoms with Crippen molar-refractivity contribution in [2.75, 3.05) is 12.4 Å². The minimum atomic E-state index is -0.671. The standard InChI is InChI=1S/C8H7N3O2S/c1-13-8(12)6(4-9)5-10-7-2-3-14-11-7/h2-3,5H,1H3,(H,10,11). The zero-order valence-corrected chi connectivity index (χ0v) is 8.17. The summed E-state index contributed by atoms with van der Waals surface area (Å²) in [6.07, 6.45) is 1.26. The van der Waals surface area contributed by atoms with E-state index in [2.05, 4.69) is 14.4 Å². The first kappa shape index (κ1) is 10.2. The van der Waals surface area contributed by atoms with Gasteiger partial charge >= 0.3 is 5.97 Å². The Kier molecular flexibility index (Phi) is 3.64. The number of aromatic nitrogens is 1. The van der Waals surface area contributed by atoms with Crippen molar-refractivity contribution in [3.8, 4) is 6.07 Å². The van der Waals surface area contributed by atoms with E-state index in [-0.39, 0.29) is 5.57 Å². The topological polar surface area (TPSA) is 75.0 Å². The highest BCUT2D eigenvalue weighted by molar-refractivity contribution is 7.03. The second kappa shape index (κ2) is 4.99. The molecule has 0 unspecified atom stereocenters. The fourth-order valence-corrected chi connectivity index (χ4v) is 1.16. The molecule has 0 aromatic carbocycles. The summed E-state index contributed by atoms with van der Waals surface area (Å²) in [6, 6.07) is 3.44. The molecule has 1 N–H and O–H groups in total. The van der Waals surface area contributed by atoms with Gasteiger partial charge in [0.05, 0.1) is 7.11 Å². The lowest BCUT2D eigenvalue weighted by atomic mass is 10.3. The number of carbonyl (C=O) groups is 1. The number of ether oxygens (including phenoxy) is 1. The zero-order valence-electron chi connectivity index (χ0n) is 7.35. The van der Waals surface area contributed by atoms with E-state index in [0.717, 1.165) is 0 Å². The van der Waals surface area contributed by atoms with Gasteiger partial charge in [-0.2, -0.15) is 9.64 Å². The van der Waals surface area contributed by atoms with E-state index in [0.29, 0.717) is 5.82 Å². The molecule has 0 aliphatic carbocycles. The Morgan fingerprint density at radius 2 is 2.64 bits per heavy atom. The van der Waals surface area contributed by atoms with Crippen LogP contribution >= 0.6 is 11.5 Å². The van der Waals surface area contributed by atoms with E-state index in [1.807, 2.05) is 0 Å². The van der Waals surface area contributed by atoms with Crippen LogP contribution in [0, 0.1) is 11.3 Å². The Labute approximate surface area is 84.8 Å². The van der Waals surface area contributed by atoms with Crippen LogP contribution in [-0.4, -0.2) is 17.5 Å². The number of anilines is 1. The Balaban J connectivity index is 2.67. The summed E-state index contributed by atoms with van der Waals surface area (Å²) in [4.78, 5) is 10.9. The molecule has 14 heavy (non-hydrogen) atoms. The van der Waals surface area contributed by atoms with Crippen molar-refractivity contribution in [1.82, 2.24) is 4.37 Å². The zero-order chi connectivity index (χ0) is 10.4. The van der Waals surface area contributed by atoms with Crippen molar-refractivity contribution in [1.29, 1.82) is 5.26 Å². The molecule has 1 aromatic rings. The van der Waals surface area contributed by atoms with Gasteiger partial charge in [-0.05, 0) is 17.6 Å². The van der Waals surface area contributed by atoms with Crippen molar-refractivity contribution in [2.24, 2.45) is 0 Å². The van der Waals surface area contributed by atoms with Crippen LogP contribution in [0.2, 0.25) is 0 Å². The van der Waals surface area contributed by atoms with E-state index in [1.54, 1.807) is 17.5 Å². The minimum absolute atomic E-state index is 0.0968. The van der Waals surface area contributed by atoms with E-state index in [4.69, 9.17) is 5.26 Å². The van der Waals surface area contributed by atoms with Crippen molar-refractivity contribution in [3.05, 3.63) is 23.2 Å². The lowest BCUT2D eigenvalue weighted by Gasteiger charge is -1.96. The Morgan fingerprint density at radius 3 is 3.14 bits per heavy atom. The van der Waals surface area contributed by atoms with Gasteiger partial charge in [0.25, 0.3) is 0 Å². The van der Waals surface area contributed by atoms with Crippen LogP contribution in [0.25, 0.3) is 0 Å². The number of nitriles is 1. The molecule has 1 rings (SSSR count). The summed E-state index contributed by atoms with van der Waals surface area (Å²) in [7, 11) is 1.22. The summed E-state index contributed by atoms with van der Waals surface area (Å²) in [5, 5.41) is 13.1. The molecule has 0 aliphatic heterocycles. The number of hydrogen-bond acceptors (Lipinski definition) is 6. The predicted octanol–water partition coefficient (Wildman–Crippen LogP) is 1.14. The smallest absolute Gasteiger partial charge is 0.350 e. The van der Waals surface area contributed by atoms with E-state index in [1.165, 1.54) is 24.8 Å². The summed E-state index contributed by atoms with van der Waals surface area (Å²) in [5.74, 6) is -0.0816. The molecule has 6 heteroatoms. The largest absolute Gasteiger partial charge is 0.465 e. The number of hydrogen-bond donors (Lipinski definition) is 1. The third-order valence-corrected chi connectivity index (χ3v) is 1.89. The van der Waals surface area contributed by atoms with Crippen molar-refractivity contribution < 1.29 is 9.53 Å². The van der Waals surface area contributed by atoms with Crippen LogP contribution in [0.3, 0.4) is 0 Å². The molecule has 5 nitrogen and oxygen atoms in total. The van der Waals surface area contributed by atoms with Crippen molar-refractivity contribution in [3.63, 3.8) is 0 Å². The summed E-state index contributed by atoms with van der Waals surface area (Å²) >= 11 is 1.27. The number of methoxy groups -OCH3 is 1. The van der Waals surface area contributed by atoms with E-state index < -0.39 is 5.97 Å². The van der Waals surface area contributed by atoms with Gasteiger partial charge in [-0.15, -0.1) is 0 Å². The van der Waals surface area contributed by atoms with Gasteiger partial charge in [-0.25, -0.2) is 4.79 Å². The minimum Gasteiger partial charge on any atom is -0.465 e. The van der Waals surface area contributed by atoms with Crippen molar-refractivity contribution >= 4 is 23.3 Å². The third-order valence-electron chi connectivity index (χ3n) is 1.33. The normalized spacial score (nSPS) is 10.4. The SMILES string of the molecule is COC(=O)C(C#N)=CNc1ccsn1. The van der Waals surface area contributed by atoms with Gasteiger partial charge in [0.1, 0.15) is 11.9 Å². The summed E-state index contributed by atoms with van der Waals surface area (Å²) in [6.45, 7) is 0. The fraction of sp³-hybridized carbons (Fsp3) is 0.125. The highest BCUT2D eigenvalue weighted by atomic mass is 32.1. The highest BCUT2D eigenvalue weighted by Gasteiger charge is 2.07. The van der Waals surface area contributed by atoms with Gasteiger partial charge in [0.2, 0.25) is 0 Å². The molecule has 0 atom stereocenters. The average molecular weight is 209 g/mol. The highest BCUT2D eigenvalue weighted by Crippen LogP contribution is 2.06. The summed E-state index contributed by atoms with van der Waals surface area (Å²) in [5.41, 5.74) is -0.0968. The molecular weight excluding hydrogens is 202 g/mol. The van der Waals surface area contributed by atoms with Crippen LogP contribution in [0.5, 0.6) is 0 Å². The maximum atomic E-state index is 10.9. The van der Waals surface area contributed by atoms with Gasteiger partial charge < -0.3 is 10.1 Å². The van der Waals surface area contributed by atoms with Crippen LogP contribution < -0.4 is 5.32 Å². The number of rotatable bonds is 3. The third kappa shape index (κ3) is 2.57. The number of nitrogens with one attached hydrogen (secondary N) is 1. The van der Waals surface area contributed by atoms with Crippen LogP contribution in [0.4, 0.5) is 5.82 Å². The first-order chi connectivity index (χ1) is 6.77. The fourth-order valence-electron chi connectivity index (χ4n) is 0.680. The molecule has 0 fully saturated rings. The molecule has 0 saturated heterocycles. The second-order valence-corrected chi connectivity index (χ2v) is 2.86. The van der Waals surface area contributed by atoms with Gasteiger partial charge in [0.15, 0.2) is 5.57 Å². The summed E-state index contributed by atoms with van der Waals surface area (Å²) < 4.78 is 8.32. The van der Waals surface area contributed by atoms with Crippen molar-refractivity contribution in [2.45, 2.75) is 0 Å². The predicted molar refractivity (Wildman–Crippen MR) is 51.4 cm³/mol. The van der Waals surface area contributed by atoms with Gasteiger partial charge in [-0.1, -0.05) is 0 Å². The first-order valence-electron chi connectivity index (χ1n) is 3.63. The quantitative estimate of drug-likeness (QED) is 0.459. The molecular formula is C8H7N3O2S. The Hall–Kier alpha value is -1.87. The molecule has 0 saturated carbocycles. The maximum Gasteiger partial charge on any atom is 0.350 e. The second-order valence-electron chi connectivity index (χ2n) is 2.19. The molecule has 0 radical (unpaired) electrons. The number of esters is 1. The number of nitrogens with zero attached hydrogens (tertiary/aromatic N) is 2. The molecule has 1 aromatic heterocycles. The van der Waals surface area contributed by atoms with Crippen LogP contribution in [-0.2, 0) is 9.53 Å². The molecule has 0 aliphatic rings. The van der Waals surface area contributed by atoms with Gasteiger partial charge in [0, 0.05) is 11.6 Å². The maximum absolute atomic E-state index is 10.9. The van der Waals surface area contributed by atoms with Crippen LogP contribution in [0.1, 0.15) is 0 Å². The molecule has 1 heterocycles. The van der Waals surface area contributed by atoms with E-state index >= 15 is 0 Å². The van der Waals surface area contributed by atoms with Gasteiger partial charge in [-0.3, -0.25) is 0 Å².